The fourth-order valence-electron chi connectivity index (χ4n) is 2.77. The lowest BCUT2D eigenvalue weighted by Crippen LogP contribution is -1.95. The van der Waals surface area contributed by atoms with Crippen molar-refractivity contribution in [3.8, 4) is 5.75 Å². The number of hydrogen-bond donors (Lipinski definition) is 0. The average Bonchev–Trinajstić information content (AvgIpc) is 2.73. The zero-order valence-corrected chi connectivity index (χ0v) is 11.0. The second-order valence-corrected chi connectivity index (χ2v) is 4.60. The van der Waals surface area contributed by atoms with Crippen molar-refractivity contribution in [3.63, 3.8) is 0 Å². The van der Waals surface area contributed by atoms with E-state index in [9.17, 15) is 0 Å². The van der Waals surface area contributed by atoms with Crippen molar-refractivity contribution >= 4 is 21.8 Å². The van der Waals surface area contributed by atoms with Crippen LogP contribution in [-0.4, -0.2) is 11.7 Å². The molecule has 0 aliphatic carbocycles. The molecule has 2 nitrogen and oxygen atoms in total. The number of hydrogen-bond acceptors (Lipinski definition) is 1. The molecule has 1 heterocycles. The Morgan fingerprint density at radius 1 is 1.11 bits per heavy atom. The molecule has 0 amide bonds. The summed E-state index contributed by atoms with van der Waals surface area (Å²) in [6.07, 6.45) is 0. The number of fused-ring (bicyclic) bond motifs is 3. The summed E-state index contributed by atoms with van der Waals surface area (Å²) in [4.78, 5) is 0. The zero-order chi connectivity index (χ0) is 12.7. The molecule has 0 bridgehead atoms. The van der Waals surface area contributed by atoms with Gasteiger partial charge in [0.1, 0.15) is 5.75 Å². The summed E-state index contributed by atoms with van der Waals surface area (Å²) in [6, 6.07) is 12.8. The van der Waals surface area contributed by atoms with E-state index in [4.69, 9.17) is 4.74 Å². The van der Waals surface area contributed by atoms with Crippen LogP contribution < -0.4 is 4.74 Å². The van der Waals surface area contributed by atoms with Crippen molar-refractivity contribution in [2.24, 2.45) is 0 Å². The normalized spacial score (nSPS) is 11.3. The third-order valence-corrected chi connectivity index (χ3v) is 3.61. The molecule has 2 aromatic carbocycles. The Bertz CT molecular complexity index is 725. The van der Waals surface area contributed by atoms with Crippen molar-refractivity contribution in [3.05, 3.63) is 42.0 Å². The number of methoxy groups -OCH3 is 1. The van der Waals surface area contributed by atoms with Crippen molar-refractivity contribution in [2.45, 2.75) is 20.4 Å². The predicted octanol–water partition coefficient (Wildman–Crippen LogP) is 4.13. The van der Waals surface area contributed by atoms with Crippen LogP contribution in [0.25, 0.3) is 21.8 Å². The van der Waals surface area contributed by atoms with Gasteiger partial charge in [0.05, 0.1) is 18.1 Å². The summed E-state index contributed by atoms with van der Waals surface area (Å²) >= 11 is 0. The van der Waals surface area contributed by atoms with Crippen molar-refractivity contribution in [2.75, 3.05) is 7.11 Å². The van der Waals surface area contributed by atoms with Crippen LogP contribution in [0.3, 0.4) is 0 Å². The maximum absolute atomic E-state index is 5.33. The van der Waals surface area contributed by atoms with Gasteiger partial charge in [0.2, 0.25) is 0 Å². The lowest BCUT2D eigenvalue weighted by atomic mass is 10.1. The summed E-state index contributed by atoms with van der Waals surface area (Å²) < 4.78 is 7.70. The molecule has 0 saturated carbocycles. The first-order valence-corrected chi connectivity index (χ1v) is 6.31. The monoisotopic (exact) mass is 239 g/mol. The molecule has 18 heavy (non-hydrogen) atoms. The SMILES string of the molecule is CCn1c2cc(OC)ccc2c2cccc(C)c21. The summed E-state index contributed by atoms with van der Waals surface area (Å²) in [5, 5.41) is 2.63. The molecular weight excluding hydrogens is 222 g/mol. The van der Waals surface area contributed by atoms with Crippen LogP contribution in [0.15, 0.2) is 36.4 Å². The van der Waals surface area contributed by atoms with Crippen LogP contribution in [0, 0.1) is 6.92 Å². The molecule has 0 N–H and O–H groups in total. The van der Waals surface area contributed by atoms with Gasteiger partial charge in [-0.3, -0.25) is 0 Å². The topological polar surface area (TPSA) is 14.2 Å². The third kappa shape index (κ3) is 1.42. The van der Waals surface area contributed by atoms with Crippen LogP contribution in [0.5, 0.6) is 5.75 Å². The molecule has 1 aromatic heterocycles. The number of para-hydroxylation sites is 1. The Hall–Kier alpha value is -1.96. The second kappa shape index (κ2) is 4.05. The van der Waals surface area contributed by atoms with Crippen molar-refractivity contribution in [1.82, 2.24) is 4.57 Å². The molecule has 0 radical (unpaired) electrons. The van der Waals surface area contributed by atoms with E-state index in [-0.39, 0.29) is 0 Å². The largest absolute Gasteiger partial charge is 0.497 e. The lowest BCUT2D eigenvalue weighted by Gasteiger charge is -2.06. The molecule has 2 heteroatoms. The van der Waals surface area contributed by atoms with Crippen LogP contribution in [0.2, 0.25) is 0 Å². The smallest absolute Gasteiger partial charge is 0.120 e. The standard InChI is InChI=1S/C16H17NO/c1-4-17-15-10-12(18-3)8-9-13(15)14-7-5-6-11(2)16(14)17/h5-10H,4H2,1-3H3. The molecule has 3 rings (SSSR count). The number of ether oxygens (including phenoxy) is 1. The summed E-state index contributed by atoms with van der Waals surface area (Å²) in [6.45, 7) is 5.33. The maximum Gasteiger partial charge on any atom is 0.120 e. The van der Waals surface area contributed by atoms with E-state index < -0.39 is 0 Å². The number of benzene rings is 2. The highest BCUT2D eigenvalue weighted by Crippen LogP contribution is 2.32. The quantitative estimate of drug-likeness (QED) is 0.655. The van der Waals surface area contributed by atoms with E-state index in [2.05, 4.69) is 48.7 Å². The predicted molar refractivity (Wildman–Crippen MR) is 76.4 cm³/mol. The molecular formula is C16H17NO. The molecule has 92 valence electrons. The Kier molecular flexibility index (Phi) is 2.51. The minimum atomic E-state index is 0.914. The summed E-state index contributed by atoms with van der Waals surface area (Å²) in [5.41, 5.74) is 3.91. The van der Waals surface area contributed by atoms with E-state index >= 15 is 0 Å². The Morgan fingerprint density at radius 3 is 2.67 bits per heavy atom. The minimum absolute atomic E-state index is 0.914. The van der Waals surface area contributed by atoms with Crippen LogP contribution in [-0.2, 0) is 6.54 Å². The molecule has 0 atom stereocenters. The fraction of sp³-hybridized carbons (Fsp3) is 0.250. The van der Waals surface area contributed by atoms with E-state index in [1.165, 1.54) is 27.4 Å². The van der Waals surface area contributed by atoms with Crippen LogP contribution >= 0.6 is 0 Å². The van der Waals surface area contributed by atoms with Gasteiger partial charge >= 0.3 is 0 Å². The third-order valence-electron chi connectivity index (χ3n) is 3.61. The summed E-state index contributed by atoms with van der Waals surface area (Å²) in [5.74, 6) is 0.914. The molecule has 0 aliphatic rings. The van der Waals surface area contributed by atoms with Gasteiger partial charge in [0.25, 0.3) is 0 Å². The van der Waals surface area contributed by atoms with Crippen molar-refractivity contribution < 1.29 is 4.74 Å². The first kappa shape index (κ1) is 11.1. The van der Waals surface area contributed by atoms with Gasteiger partial charge in [-0.1, -0.05) is 18.2 Å². The molecule has 0 unspecified atom stereocenters. The van der Waals surface area contributed by atoms with Gasteiger partial charge < -0.3 is 9.30 Å². The molecule has 0 saturated heterocycles. The number of aromatic nitrogens is 1. The van der Waals surface area contributed by atoms with E-state index in [1.807, 2.05) is 6.07 Å². The Morgan fingerprint density at radius 2 is 1.94 bits per heavy atom. The van der Waals surface area contributed by atoms with E-state index in [1.54, 1.807) is 7.11 Å². The first-order valence-electron chi connectivity index (χ1n) is 6.31. The highest BCUT2D eigenvalue weighted by molar-refractivity contribution is 6.09. The summed E-state index contributed by atoms with van der Waals surface area (Å²) in [7, 11) is 1.71. The fourth-order valence-corrected chi connectivity index (χ4v) is 2.77. The Balaban J connectivity index is 2.53. The van der Waals surface area contributed by atoms with Crippen LogP contribution in [0.4, 0.5) is 0 Å². The Labute approximate surface area is 107 Å². The van der Waals surface area contributed by atoms with E-state index in [0.29, 0.717) is 0 Å². The maximum atomic E-state index is 5.33. The van der Waals surface area contributed by atoms with E-state index in [0.717, 1.165) is 12.3 Å². The molecule has 0 spiro atoms. The first-order chi connectivity index (χ1) is 8.76. The number of aryl methyl sites for hydroxylation is 2. The van der Waals surface area contributed by atoms with Crippen LogP contribution in [0.1, 0.15) is 12.5 Å². The van der Waals surface area contributed by atoms with Gasteiger partial charge in [0, 0.05) is 23.4 Å². The van der Waals surface area contributed by atoms with Crippen molar-refractivity contribution in [1.29, 1.82) is 0 Å². The van der Waals surface area contributed by atoms with Gasteiger partial charge in [0.15, 0.2) is 0 Å². The minimum Gasteiger partial charge on any atom is -0.497 e. The lowest BCUT2D eigenvalue weighted by molar-refractivity contribution is 0.415. The van der Waals surface area contributed by atoms with Gasteiger partial charge in [-0.05, 0) is 31.5 Å². The molecule has 3 aromatic rings. The number of rotatable bonds is 2. The highest BCUT2D eigenvalue weighted by Gasteiger charge is 2.11. The highest BCUT2D eigenvalue weighted by atomic mass is 16.5. The zero-order valence-electron chi connectivity index (χ0n) is 11.0. The van der Waals surface area contributed by atoms with Gasteiger partial charge in [-0.15, -0.1) is 0 Å². The van der Waals surface area contributed by atoms with Gasteiger partial charge in [-0.2, -0.15) is 0 Å². The molecule has 0 fully saturated rings. The second-order valence-electron chi connectivity index (χ2n) is 4.60. The molecule has 0 aliphatic heterocycles. The average molecular weight is 239 g/mol. The number of nitrogens with zero attached hydrogens (tertiary/aromatic N) is 1. The van der Waals surface area contributed by atoms with Gasteiger partial charge in [-0.25, -0.2) is 0 Å².